The Labute approximate surface area is 770 Å². The van der Waals surface area contributed by atoms with Gasteiger partial charge in [0, 0.05) is 109 Å². The van der Waals surface area contributed by atoms with Crippen molar-refractivity contribution in [2.45, 2.75) is 216 Å². The molecule has 4 heterocycles. The maximum atomic E-state index is 15.8. The molecule has 9 rings (SSSR count). The number of fused-ring (bicyclic) bond motifs is 3. The second-order valence-electron chi connectivity index (χ2n) is 34.5. The molecule has 3 aliphatic heterocycles. The normalized spacial score (nSPS) is 23.8. The van der Waals surface area contributed by atoms with Crippen LogP contribution in [0.5, 0.6) is 11.5 Å². The summed E-state index contributed by atoms with van der Waals surface area (Å²) in [6.45, 7) is 7.49. The molecular weight excluding hydrogens is 1720 g/mol. The van der Waals surface area contributed by atoms with Crippen molar-refractivity contribution in [2.24, 2.45) is 17.6 Å². The number of likely N-dealkylation sites (N-methyl/N-ethyl adjacent to an activating group) is 3. The summed E-state index contributed by atoms with van der Waals surface area (Å²) in [4.78, 5) is 247. The molecule has 6 aromatic rings. The van der Waals surface area contributed by atoms with Gasteiger partial charge in [0.1, 0.15) is 95.9 Å². The van der Waals surface area contributed by atoms with Gasteiger partial charge in [0.05, 0.1) is 18.7 Å². The van der Waals surface area contributed by atoms with Gasteiger partial charge in [-0.3, -0.25) is 76.7 Å². The number of nitrogens with two attached hydrogens (primary N) is 1. The van der Waals surface area contributed by atoms with E-state index in [-0.39, 0.29) is 108 Å². The number of carbonyl (C=O) groups is 16. The van der Waals surface area contributed by atoms with Gasteiger partial charge in [0.2, 0.25) is 88.6 Å². The van der Waals surface area contributed by atoms with Crippen molar-refractivity contribution >= 4 is 117 Å². The molecular formula is C94H123FN16O20S. The summed E-state index contributed by atoms with van der Waals surface area (Å²) in [5.41, 5.74) is 8.38. The van der Waals surface area contributed by atoms with Gasteiger partial charge in [-0.15, -0.1) is 11.8 Å². The Balaban J connectivity index is 1.13. The zero-order valence-corrected chi connectivity index (χ0v) is 76.6. The molecule has 0 bridgehead atoms. The minimum absolute atomic E-state index is 0.00517. The van der Waals surface area contributed by atoms with E-state index in [0.29, 0.717) is 64.4 Å². The van der Waals surface area contributed by atoms with Crippen LogP contribution in [0.25, 0.3) is 10.9 Å². The largest absolute Gasteiger partial charge is 0.508 e. The Bertz CT molecular complexity index is 5050. The van der Waals surface area contributed by atoms with Crippen LogP contribution in [-0.4, -0.2) is 284 Å². The van der Waals surface area contributed by atoms with Crippen LogP contribution in [0.4, 0.5) is 4.39 Å². The molecule has 38 heteroatoms. The quantitative estimate of drug-likeness (QED) is 0.0414. The Morgan fingerprint density at radius 2 is 1.03 bits per heavy atom. The second-order valence-corrected chi connectivity index (χ2v) is 35.6. The third-order valence-corrected chi connectivity index (χ3v) is 24.9. The fourth-order valence-electron chi connectivity index (χ4n) is 16.6. The number of phenols is 2. The number of thioether (sulfide) groups is 1. The minimum Gasteiger partial charge on any atom is -0.508 e. The number of piperidine rings is 1. The van der Waals surface area contributed by atoms with E-state index in [2.05, 4.69) is 52.8 Å². The standard InChI is InChI=1S/C94H123FN16O20S/c1-10-11-24-76-93(129)111-41-19-26-75(111)89(125)103-69(49-80(116)117)86(122)106-81(55(4)5)94(130)107(6)73(39-42-131-9)87(123)104-71(46-59-31-37-63(113)38-32-59)91(127)110-40-18-17-25-74(110)88(124)102-68(48-60-50-97-65-23-16-15-22-64(60)65)85(121)101-67(44-58-29-35-62(112)36-30-58)84(120)100-66(43-54(2)3)83(119)105-72(82(118)98-51-78(96)114)52-132-53-79(115)99-70(45-57-27-33-61(95)34-28-57)90(126)109(8)77(92(128)108(76)7)47-56-20-13-12-14-21-56/h12-16,20-23,27-38,50,54-55,66-77,81,97,112-113H,10-11,17-19,24-26,39-49,51-53H2,1-9H3,(H2,96,114)(H,98,118)(H,99,115)(H,100,120)(H,101,121)(H,102,124)(H,103,125)(H,104,123)(H,105,119)(H,106,122)(H,116,117)/t66-,67-,68+,69-,70-,71-,72-,73-,74+,75+,76-,77-,81-/m0/s1. The first-order valence-corrected chi connectivity index (χ1v) is 45.7. The molecule has 0 saturated carbocycles. The number of amides is 15. The molecule has 3 fully saturated rings. The Morgan fingerprint density at radius 1 is 0.523 bits per heavy atom. The number of nitrogens with zero attached hydrogens (tertiary/aromatic N) is 5. The summed E-state index contributed by atoms with van der Waals surface area (Å²) >= 11 is 0.792. The molecule has 0 spiro atoms. The van der Waals surface area contributed by atoms with Gasteiger partial charge in [-0.1, -0.05) is 132 Å². The van der Waals surface area contributed by atoms with E-state index in [1.54, 1.807) is 88.5 Å². The van der Waals surface area contributed by atoms with Crippen molar-refractivity contribution in [2.75, 3.05) is 66.0 Å². The third kappa shape index (κ3) is 29.0. The molecule has 712 valence electrons. The topological polar surface area (TPSA) is 509 Å². The minimum atomic E-state index is -1.91. The zero-order valence-electron chi connectivity index (χ0n) is 75.8. The number of carboxylic acids is 1. The van der Waals surface area contributed by atoms with Crippen molar-refractivity contribution in [3.05, 3.63) is 167 Å². The predicted molar refractivity (Wildman–Crippen MR) is 487 cm³/mol. The molecule has 5 aromatic carbocycles. The highest BCUT2D eigenvalue weighted by molar-refractivity contribution is 8.00. The Hall–Kier alpha value is -13.0. The van der Waals surface area contributed by atoms with E-state index in [1.165, 1.54) is 104 Å². The first-order valence-electron chi connectivity index (χ1n) is 44.5. The van der Waals surface area contributed by atoms with Gasteiger partial charge in [-0.2, -0.15) is 0 Å². The highest BCUT2D eigenvalue weighted by atomic mass is 32.2. The number of carboxylic acid groups (broad SMARTS) is 1. The van der Waals surface area contributed by atoms with E-state index >= 15 is 47.9 Å². The van der Waals surface area contributed by atoms with E-state index in [9.17, 15) is 48.5 Å². The smallest absolute Gasteiger partial charge is 0.305 e. The number of rotatable bonds is 24. The average Bonchev–Trinajstić information content (AvgIpc) is 1.26. The van der Waals surface area contributed by atoms with Gasteiger partial charge in [-0.25, -0.2) is 4.39 Å². The molecule has 0 aliphatic carbocycles. The molecule has 15 N–H and O–H groups in total. The monoisotopic (exact) mass is 1850 g/mol. The van der Waals surface area contributed by atoms with Crippen LogP contribution in [0.15, 0.2) is 134 Å². The molecule has 15 amide bonds. The predicted octanol–water partition coefficient (Wildman–Crippen LogP) is 2.71. The van der Waals surface area contributed by atoms with E-state index < -0.39 is 209 Å². The molecule has 1 aromatic heterocycles. The van der Waals surface area contributed by atoms with Crippen molar-refractivity contribution < 1.29 is 101 Å². The average molecular weight is 1850 g/mol. The zero-order chi connectivity index (χ0) is 96.2. The van der Waals surface area contributed by atoms with Crippen LogP contribution < -0.4 is 53.6 Å². The molecule has 13 atom stereocenters. The summed E-state index contributed by atoms with van der Waals surface area (Å²) in [7, 11) is 5.32. The number of hydrogen-bond donors (Lipinski definition) is 14. The number of aliphatic carboxylic acids is 1. The lowest BCUT2D eigenvalue weighted by atomic mass is 9.96. The number of primary amides is 1. The number of methoxy groups -OCH3 is 1. The number of aromatic nitrogens is 1. The van der Waals surface area contributed by atoms with Crippen molar-refractivity contribution in [1.82, 2.24) is 77.3 Å². The van der Waals surface area contributed by atoms with Crippen LogP contribution in [0.2, 0.25) is 0 Å². The maximum Gasteiger partial charge on any atom is 0.305 e. The van der Waals surface area contributed by atoms with Crippen molar-refractivity contribution in [3.63, 3.8) is 0 Å². The number of carbonyl (C=O) groups excluding carboxylic acids is 15. The van der Waals surface area contributed by atoms with E-state index in [1.807, 2.05) is 6.92 Å². The molecule has 36 nitrogen and oxygen atoms in total. The highest BCUT2D eigenvalue weighted by Crippen LogP contribution is 2.29. The summed E-state index contributed by atoms with van der Waals surface area (Å²) in [5, 5.41) is 56.1. The number of unbranched alkanes of at least 4 members (excludes halogenated alkanes) is 1. The number of benzene rings is 5. The number of hydrogen-bond acceptors (Lipinski definition) is 20. The molecule has 132 heavy (non-hydrogen) atoms. The van der Waals surface area contributed by atoms with Crippen LogP contribution in [0, 0.1) is 17.7 Å². The fourth-order valence-corrected chi connectivity index (χ4v) is 17.4. The molecule has 3 saturated heterocycles. The van der Waals surface area contributed by atoms with Crippen molar-refractivity contribution in [3.8, 4) is 11.5 Å². The number of para-hydroxylation sites is 1. The van der Waals surface area contributed by atoms with E-state index in [4.69, 9.17) is 10.5 Å². The van der Waals surface area contributed by atoms with Crippen LogP contribution in [-0.2, 0) is 114 Å². The highest BCUT2D eigenvalue weighted by Gasteiger charge is 2.46. The van der Waals surface area contributed by atoms with E-state index in [0.717, 1.165) is 33.7 Å². The second kappa shape index (κ2) is 49.3. The summed E-state index contributed by atoms with van der Waals surface area (Å²) in [5.74, 6) is -18.0. The molecule has 0 unspecified atom stereocenters. The first kappa shape index (κ1) is 103. The van der Waals surface area contributed by atoms with Crippen LogP contribution >= 0.6 is 11.8 Å². The lowest BCUT2D eigenvalue weighted by Crippen LogP contribution is -2.63. The van der Waals surface area contributed by atoms with Gasteiger partial charge in [-0.05, 0) is 127 Å². The summed E-state index contributed by atoms with van der Waals surface area (Å²) < 4.78 is 20.1. The van der Waals surface area contributed by atoms with Gasteiger partial charge in [0.15, 0.2) is 0 Å². The molecule has 0 radical (unpaired) electrons. The lowest BCUT2D eigenvalue weighted by molar-refractivity contribution is -0.152. The Kier molecular flexibility index (Phi) is 38.4. The van der Waals surface area contributed by atoms with Crippen LogP contribution in [0.3, 0.4) is 0 Å². The summed E-state index contributed by atoms with van der Waals surface area (Å²) in [6, 6.07) is 12.4. The van der Waals surface area contributed by atoms with Gasteiger partial charge in [0.25, 0.3) is 0 Å². The SMILES string of the molecule is CCCC[C@H]1C(=O)N2CCC[C@@H]2C(=O)N[C@@H](CC(=O)O)C(=O)N[C@@H](C(C)C)C(=O)N(C)[C@@H](CCOC)C(=O)N[C@@H](Cc2ccc(O)cc2)C(=O)N2CCCC[C@@H]2C(=O)N[C@H](Cc2c[nH]c3ccccc23)C(=O)N[C@@H](Cc2ccc(O)cc2)C(=O)N[C@@H](CC(C)C)C(=O)N[C@H](C(=O)NCC(N)=O)CSCC(=O)N[C@@H](Cc2ccc(F)cc2)C(=O)N(C)[C@@H](Cc2ccccc2)C(=O)N1C. The number of phenolic OH excluding ortho intramolecular Hbond substituents is 2. The van der Waals surface area contributed by atoms with Crippen LogP contribution in [0.1, 0.15) is 133 Å². The lowest BCUT2D eigenvalue weighted by Gasteiger charge is -2.38. The Morgan fingerprint density at radius 3 is 1.63 bits per heavy atom. The van der Waals surface area contributed by atoms with Gasteiger partial charge >= 0.3 is 5.97 Å². The molecule has 3 aliphatic rings. The number of halogens is 1. The maximum absolute atomic E-state index is 15.8. The first-order chi connectivity index (χ1) is 62.9. The number of H-pyrrole nitrogens is 1. The van der Waals surface area contributed by atoms with Crippen molar-refractivity contribution in [1.29, 1.82) is 0 Å². The number of ether oxygens (including phenoxy) is 1. The summed E-state index contributed by atoms with van der Waals surface area (Å²) in [6.07, 6.45) is 0.885. The number of aromatic hydroxyl groups is 2. The number of nitrogens with one attached hydrogen (secondary N) is 10. The third-order valence-electron chi connectivity index (χ3n) is 23.8. The fraction of sp³-hybridized carbons (Fsp3) is 0.489. The number of aromatic amines is 1. The van der Waals surface area contributed by atoms with Gasteiger partial charge < -0.3 is 103 Å².